The highest BCUT2D eigenvalue weighted by Crippen LogP contribution is 2.20. The molecule has 0 saturated heterocycles. The number of hydrogen-bond donors (Lipinski definition) is 0. The highest BCUT2D eigenvalue weighted by atomic mass is 28.4. The third-order valence-corrected chi connectivity index (χ3v) is 5.57. The van der Waals surface area contributed by atoms with Crippen molar-refractivity contribution in [2.75, 3.05) is 13.2 Å². The van der Waals surface area contributed by atoms with E-state index < -0.39 is 8.80 Å². The Morgan fingerprint density at radius 1 is 1.00 bits per heavy atom. The molecule has 0 amide bonds. The lowest BCUT2D eigenvalue weighted by molar-refractivity contribution is 0.0371. The van der Waals surface area contributed by atoms with E-state index in [0.717, 1.165) is 18.9 Å². The van der Waals surface area contributed by atoms with Crippen molar-refractivity contribution < 1.29 is 13.3 Å². The van der Waals surface area contributed by atoms with Gasteiger partial charge >= 0.3 is 8.80 Å². The second-order valence-electron chi connectivity index (χ2n) is 3.64. The Morgan fingerprint density at radius 3 is 1.87 bits per heavy atom. The molecule has 0 aliphatic heterocycles. The van der Waals surface area contributed by atoms with E-state index in [-0.39, 0.29) is 6.10 Å². The van der Waals surface area contributed by atoms with Crippen molar-refractivity contribution >= 4 is 8.80 Å². The lowest BCUT2D eigenvalue weighted by atomic mass is 10.3. The second-order valence-corrected chi connectivity index (χ2v) is 6.31. The summed E-state index contributed by atoms with van der Waals surface area (Å²) in [5.41, 5.74) is 0. The predicted octanol–water partition coefficient (Wildman–Crippen LogP) is 3.22. The van der Waals surface area contributed by atoms with Gasteiger partial charge in [0.05, 0.1) is 0 Å². The molecule has 0 aromatic carbocycles. The van der Waals surface area contributed by atoms with Crippen molar-refractivity contribution in [3.8, 4) is 0 Å². The zero-order valence-corrected chi connectivity index (χ0v) is 11.8. The summed E-state index contributed by atoms with van der Waals surface area (Å²) in [5.74, 6) is 0. The van der Waals surface area contributed by atoms with Gasteiger partial charge in [0.2, 0.25) is 0 Å². The van der Waals surface area contributed by atoms with Gasteiger partial charge in [-0.3, -0.25) is 0 Å². The third kappa shape index (κ3) is 5.66. The van der Waals surface area contributed by atoms with E-state index >= 15 is 0 Å². The molecule has 1 unspecified atom stereocenters. The van der Waals surface area contributed by atoms with Gasteiger partial charge in [-0.1, -0.05) is 20.3 Å². The summed E-state index contributed by atoms with van der Waals surface area (Å²) in [6.45, 7) is 11.7. The average Bonchev–Trinajstić information content (AvgIpc) is 2.18. The number of rotatable bonds is 9. The van der Waals surface area contributed by atoms with Crippen LogP contribution in [0.4, 0.5) is 0 Å². The molecule has 0 spiro atoms. The zero-order valence-electron chi connectivity index (χ0n) is 10.8. The summed E-state index contributed by atoms with van der Waals surface area (Å²) in [6.07, 6.45) is 2.27. The maximum absolute atomic E-state index is 6.00. The van der Waals surface area contributed by atoms with Crippen LogP contribution in [-0.4, -0.2) is 28.1 Å². The van der Waals surface area contributed by atoms with Gasteiger partial charge in [-0.25, -0.2) is 0 Å². The van der Waals surface area contributed by atoms with E-state index in [1.54, 1.807) is 0 Å². The van der Waals surface area contributed by atoms with Crippen molar-refractivity contribution in [1.82, 2.24) is 0 Å². The normalized spacial score (nSPS) is 14.2. The van der Waals surface area contributed by atoms with Crippen LogP contribution >= 0.6 is 0 Å². The fraction of sp³-hybridized carbons (Fsp3) is 1.00. The Hall–Kier alpha value is 0.0969. The smallest absolute Gasteiger partial charge is 0.374 e. The Labute approximate surface area is 95.5 Å². The van der Waals surface area contributed by atoms with E-state index in [4.69, 9.17) is 13.3 Å². The molecule has 0 aliphatic rings. The minimum atomic E-state index is -2.38. The lowest BCUT2D eigenvalue weighted by Crippen LogP contribution is -2.47. The SMILES string of the molecule is CCC[Si](OCC)(OCC)OC(C)CC. The summed E-state index contributed by atoms with van der Waals surface area (Å²) in [6, 6.07) is 0.916. The average molecular weight is 234 g/mol. The van der Waals surface area contributed by atoms with Gasteiger partial charge in [0.25, 0.3) is 0 Å². The molecular formula is C11H26O3Si. The summed E-state index contributed by atoms with van der Waals surface area (Å²) < 4.78 is 17.6. The largest absolute Gasteiger partial charge is 0.501 e. The molecule has 0 rings (SSSR count). The van der Waals surface area contributed by atoms with E-state index in [9.17, 15) is 0 Å². The lowest BCUT2D eigenvalue weighted by Gasteiger charge is -2.31. The van der Waals surface area contributed by atoms with Crippen molar-refractivity contribution in [2.45, 2.75) is 59.6 Å². The monoisotopic (exact) mass is 234 g/mol. The third-order valence-electron chi connectivity index (χ3n) is 2.24. The standard InChI is InChI=1S/C11H26O3Si/c1-6-10-15(12-8-3,13-9-4)14-11(5)7-2/h11H,6-10H2,1-5H3. The quantitative estimate of drug-likeness (QED) is 0.573. The maximum Gasteiger partial charge on any atom is 0.501 e. The fourth-order valence-corrected chi connectivity index (χ4v) is 4.35. The van der Waals surface area contributed by atoms with Gasteiger partial charge in [0.15, 0.2) is 0 Å². The highest BCUT2D eigenvalue weighted by Gasteiger charge is 2.40. The molecule has 92 valence electrons. The van der Waals surface area contributed by atoms with Gasteiger partial charge in [0, 0.05) is 25.4 Å². The van der Waals surface area contributed by atoms with Crippen LogP contribution in [0.25, 0.3) is 0 Å². The molecule has 0 radical (unpaired) electrons. The molecule has 0 heterocycles. The first-order valence-electron chi connectivity index (χ1n) is 6.09. The van der Waals surface area contributed by atoms with E-state index in [1.165, 1.54) is 0 Å². The molecule has 0 N–H and O–H groups in total. The van der Waals surface area contributed by atoms with Crippen LogP contribution in [0.5, 0.6) is 0 Å². The molecule has 0 aliphatic carbocycles. The van der Waals surface area contributed by atoms with Crippen molar-refractivity contribution in [2.24, 2.45) is 0 Å². The van der Waals surface area contributed by atoms with Crippen LogP contribution in [-0.2, 0) is 13.3 Å². The fourth-order valence-electron chi connectivity index (χ4n) is 1.45. The van der Waals surface area contributed by atoms with Crippen LogP contribution < -0.4 is 0 Å². The van der Waals surface area contributed by atoms with Crippen LogP contribution in [0, 0.1) is 0 Å². The van der Waals surface area contributed by atoms with Crippen molar-refractivity contribution in [3.63, 3.8) is 0 Å². The van der Waals surface area contributed by atoms with Gasteiger partial charge in [-0.05, 0) is 27.2 Å². The van der Waals surface area contributed by atoms with Crippen LogP contribution in [0.1, 0.15) is 47.5 Å². The van der Waals surface area contributed by atoms with Gasteiger partial charge in [-0.2, -0.15) is 0 Å². The van der Waals surface area contributed by atoms with Gasteiger partial charge in [-0.15, -0.1) is 0 Å². The van der Waals surface area contributed by atoms with Crippen LogP contribution in [0.3, 0.4) is 0 Å². The molecule has 1 atom stereocenters. The molecule has 0 fully saturated rings. The van der Waals surface area contributed by atoms with E-state index in [0.29, 0.717) is 13.2 Å². The topological polar surface area (TPSA) is 27.7 Å². The minimum absolute atomic E-state index is 0.223. The zero-order chi connectivity index (χ0) is 11.7. The van der Waals surface area contributed by atoms with Crippen molar-refractivity contribution in [1.29, 1.82) is 0 Å². The molecule has 0 aromatic heterocycles. The molecule has 0 bridgehead atoms. The van der Waals surface area contributed by atoms with E-state index in [1.807, 2.05) is 13.8 Å². The molecule has 0 saturated carbocycles. The number of hydrogen-bond acceptors (Lipinski definition) is 3. The summed E-state index contributed by atoms with van der Waals surface area (Å²) >= 11 is 0. The molecule has 3 nitrogen and oxygen atoms in total. The first-order valence-corrected chi connectivity index (χ1v) is 8.02. The summed E-state index contributed by atoms with van der Waals surface area (Å²) in [4.78, 5) is 0. The van der Waals surface area contributed by atoms with Crippen LogP contribution in [0.15, 0.2) is 0 Å². The molecular weight excluding hydrogens is 208 g/mol. The molecule has 0 aromatic rings. The summed E-state index contributed by atoms with van der Waals surface area (Å²) in [7, 11) is -2.38. The highest BCUT2D eigenvalue weighted by molar-refractivity contribution is 6.60. The van der Waals surface area contributed by atoms with Crippen LogP contribution in [0.2, 0.25) is 6.04 Å². The Morgan fingerprint density at radius 2 is 1.53 bits per heavy atom. The minimum Gasteiger partial charge on any atom is -0.374 e. The van der Waals surface area contributed by atoms with Gasteiger partial charge in [0.1, 0.15) is 0 Å². The Kier molecular flexibility index (Phi) is 8.33. The van der Waals surface area contributed by atoms with E-state index in [2.05, 4.69) is 20.8 Å². The van der Waals surface area contributed by atoms with Gasteiger partial charge < -0.3 is 13.3 Å². The van der Waals surface area contributed by atoms with Crippen molar-refractivity contribution in [3.05, 3.63) is 0 Å². The first-order chi connectivity index (χ1) is 7.14. The first kappa shape index (κ1) is 15.1. The molecule has 15 heavy (non-hydrogen) atoms. The second kappa shape index (κ2) is 8.27. The summed E-state index contributed by atoms with van der Waals surface area (Å²) in [5, 5.41) is 0. The predicted molar refractivity (Wildman–Crippen MR) is 64.9 cm³/mol. The Bertz CT molecular complexity index is 136. The Balaban J connectivity index is 4.44. The molecule has 4 heteroatoms. The maximum atomic E-state index is 6.00.